The standard InChI is InChI=1S/C13H20ClNO/c1-2-3-4-5-6-13(16)10-7-8-11(14)12(15)9-10/h7-9,13,16H,2-6,15H2,1H3. The Morgan fingerprint density at radius 3 is 2.69 bits per heavy atom. The quantitative estimate of drug-likeness (QED) is 0.586. The number of halogens is 1. The topological polar surface area (TPSA) is 46.2 Å². The molecule has 0 aliphatic heterocycles. The number of hydrogen-bond acceptors (Lipinski definition) is 2. The minimum atomic E-state index is -0.420. The molecule has 0 saturated carbocycles. The van der Waals surface area contributed by atoms with Gasteiger partial charge in [0.2, 0.25) is 0 Å². The molecule has 1 aromatic rings. The highest BCUT2D eigenvalue weighted by atomic mass is 35.5. The number of nitrogen functional groups attached to an aromatic ring is 1. The third-order valence-corrected chi connectivity index (χ3v) is 3.08. The van der Waals surface area contributed by atoms with E-state index in [0.717, 1.165) is 18.4 Å². The van der Waals surface area contributed by atoms with Crippen molar-refractivity contribution in [3.05, 3.63) is 28.8 Å². The second-order valence-corrected chi connectivity index (χ2v) is 4.55. The summed E-state index contributed by atoms with van der Waals surface area (Å²) in [7, 11) is 0. The van der Waals surface area contributed by atoms with Gasteiger partial charge in [0.1, 0.15) is 0 Å². The van der Waals surface area contributed by atoms with Crippen LogP contribution in [0.1, 0.15) is 50.7 Å². The molecule has 0 spiro atoms. The molecule has 1 atom stereocenters. The van der Waals surface area contributed by atoms with Crippen LogP contribution in [0, 0.1) is 0 Å². The molecule has 0 aliphatic carbocycles. The molecule has 0 aromatic heterocycles. The first-order valence-electron chi connectivity index (χ1n) is 5.88. The van der Waals surface area contributed by atoms with E-state index in [0.29, 0.717) is 10.7 Å². The van der Waals surface area contributed by atoms with Crippen molar-refractivity contribution in [1.29, 1.82) is 0 Å². The molecule has 1 rings (SSSR count). The molecule has 0 heterocycles. The highest BCUT2D eigenvalue weighted by Gasteiger charge is 2.08. The average molecular weight is 242 g/mol. The van der Waals surface area contributed by atoms with Gasteiger partial charge in [-0.3, -0.25) is 0 Å². The van der Waals surface area contributed by atoms with Crippen LogP contribution in [0.3, 0.4) is 0 Å². The molecule has 2 nitrogen and oxygen atoms in total. The van der Waals surface area contributed by atoms with E-state index in [4.69, 9.17) is 17.3 Å². The van der Waals surface area contributed by atoms with E-state index in [2.05, 4.69) is 6.92 Å². The summed E-state index contributed by atoms with van der Waals surface area (Å²) in [5.41, 5.74) is 7.09. The molecule has 3 N–H and O–H groups in total. The molecular formula is C13H20ClNO. The van der Waals surface area contributed by atoms with Crippen molar-refractivity contribution in [3.63, 3.8) is 0 Å². The van der Waals surface area contributed by atoms with Crippen LogP contribution < -0.4 is 5.73 Å². The summed E-state index contributed by atoms with van der Waals surface area (Å²) >= 11 is 5.82. The second kappa shape index (κ2) is 6.77. The zero-order valence-electron chi connectivity index (χ0n) is 9.75. The van der Waals surface area contributed by atoms with Crippen LogP contribution in [-0.4, -0.2) is 5.11 Å². The Morgan fingerprint density at radius 2 is 2.06 bits per heavy atom. The third-order valence-electron chi connectivity index (χ3n) is 2.74. The number of hydrogen-bond donors (Lipinski definition) is 2. The molecule has 0 radical (unpaired) electrons. The molecule has 0 fully saturated rings. The van der Waals surface area contributed by atoms with Crippen molar-refractivity contribution in [2.45, 2.75) is 45.1 Å². The van der Waals surface area contributed by atoms with Crippen molar-refractivity contribution in [2.75, 3.05) is 5.73 Å². The van der Waals surface area contributed by atoms with E-state index < -0.39 is 6.10 Å². The minimum absolute atomic E-state index is 0.420. The van der Waals surface area contributed by atoms with Crippen molar-refractivity contribution in [3.8, 4) is 0 Å². The average Bonchev–Trinajstić information content (AvgIpc) is 2.28. The molecule has 90 valence electrons. The van der Waals surface area contributed by atoms with E-state index in [9.17, 15) is 5.11 Å². The molecule has 16 heavy (non-hydrogen) atoms. The van der Waals surface area contributed by atoms with Gasteiger partial charge in [0.15, 0.2) is 0 Å². The van der Waals surface area contributed by atoms with E-state index in [-0.39, 0.29) is 0 Å². The van der Waals surface area contributed by atoms with Gasteiger partial charge in [0.25, 0.3) is 0 Å². The largest absolute Gasteiger partial charge is 0.398 e. The molecular weight excluding hydrogens is 222 g/mol. The van der Waals surface area contributed by atoms with Gasteiger partial charge in [-0.2, -0.15) is 0 Å². The molecule has 1 unspecified atom stereocenters. The van der Waals surface area contributed by atoms with Gasteiger partial charge in [0.05, 0.1) is 16.8 Å². The van der Waals surface area contributed by atoms with E-state index in [1.165, 1.54) is 19.3 Å². The fourth-order valence-electron chi connectivity index (χ4n) is 1.70. The smallest absolute Gasteiger partial charge is 0.0790 e. The molecule has 1 aromatic carbocycles. The predicted octanol–water partition coefficient (Wildman–Crippen LogP) is 3.93. The Balaban J connectivity index is 2.46. The second-order valence-electron chi connectivity index (χ2n) is 4.15. The summed E-state index contributed by atoms with van der Waals surface area (Å²) < 4.78 is 0. The van der Waals surface area contributed by atoms with Crippen molar-refractivity contribution in [2.24, 2.45) is 0 Å². The molecule has 0 saturated heterocycles. The van der Waals surface area contributed by atoms with Gasteiger partial charge in [-0.1, -0.05) is 50.3 Å². The molecule has 0 bridgehead atoms. The third kappa shape index (κ3) is 4.03. The summed E-state index contributed by atoms with van der Waals surface area (Å²) in [5.74, 6) is 0. The van der Waals surface area contributed by atoms with Crippen LogP contribution in [-0.2, 0) is 0 Å². The van der Waals surface area contributed by atoms with Crippen LogP contribution in [0.2, 0.25) is 5.02 Å². The van der Waals surface area contributed by atoms with E-state index in [1.807, 2.05) is 6.07 Å². The van der Waals surface area contributed by atoms with E-state index in [1.54, 1.807) is 12.1 Å². The first-order chi connectivity index (χ1) is 7.65. The lowest BCUT2D eigenvalue weighted by atomic mass is 10.0. The van der Waals surface area contributed by atoms with E-state index >= 15 is 0 Å². The molecule has 3 heteroatoms. The monoisotopic (exact) mass is 241 g/mol. The summed E-state index contributed by atoms with van der Waals surface area (Å²) in [6.07, 6.45) is 5.05. The van der Waals surface area contributed by atoms with Crippen molar-refractivity contribution >= 4 is 17.3 Å². The lowest BCUT2D eigenvalue weighted by Gasteiger charge is -2.11. The van der Waals surface area contributed by atoms with Crippen molar-refractivity contribution < 1.29 is 5.11 Å². The van der Waals surface area contributed by atoms with Gasteiger partial charge >= 0.3 is 0 Å². The molecule has 0 amide bonds. The number of anilines is 1. The number of aliphatic hydroxyl groups excluding tert-OH is 1. The summed E-state index contributed by atoms with van der Waals surface area (Å²) in [5, 5.41) is 10.5. The maximum absolute atomic E-state index is 9.94. The maximum Gasteiger partial charge on any atom is 0.0790 e. The predicted molar refractivity (Wildman–Crippen MR) is 69.6 cm³/mol. The highest BCUT2D eigenvalue weighted by Crippen LogP contribution is 2.26. The lowest BCUT2D eigenvalue weighted by molar-refractivity contribution is 0.163. The lowest BCUT2D eigenvalue weighted by Crippen LogP contribution is -1.99. The SMILES string of the molecule is CCCCCCC(O)c1ccc(Cl)c(N)c1. The van der Waals surface area contributed by atoms with Crippen LogP contribution >= 0.6 is 11.6 Å². The number of unbranched alkanes of at least 4 members (excludes halogenated alkanes) is 3. The van der Waals surface area contributed by atoms with Gasteiger partial charge in [-0.15, -0.1) is 0 Å². The zero-order valence-corrected chi connectivity index (χ0v) is 10.5. The van der Waals surface area contributed by atoms with Crippen LogP contribution in [0.4, 0.5) is 5.69 Å². The Morgan fingerprint density at radius 1 is 1.31 bits per heavy atom. The minimum Gasteiger partial charge on any atom is -0.398 e. The Kier molecular flexibility index (Phi) is 5.64. The first kappa shape index (κ1) is 13.3. The molecule has 0 aliphatic rings. The van der Waals surface area contributed by atoms with Gasteiger partial charge < -0.3 is 10.8 Å². The first-order valence-corrected chi connectivity index (χ1v) is 6.26. The normalized spacial score (nSPS) is 12.7. The number of rotatable bonds is 6. The van der Waals surface area contributed by atoms with Crippen molar-refractivity contribution in [1.82, 2.24) is 0 Å². The zero-order chi connectivity index (χ0) is 12.0. The highest BCUT2D eigenvalue weighted by molar-refractivity contribution is 6.33. The number of aliphatic hydroxyl groups is 1. The fraction of sp³-hybridized carbons (Fsp3) is 0.538. The number of nitrogens with two attached hydrogens (primary N) is 1. The Labute approximate surface area is 102 Å². The summed E-state index contributed by atoms with van der Waals surface area (Å²) in [4.78, 5) is 0. The van der Waals surface area contributed by atoms with Gasteiger partial charge in [0, 0.05) is 0 Å². The summed E-state index contributed by atoms with van der Waals surface area (Å²) in [6.45, 7) is 2.18. The Bertz CT molecular complexity index is 328. The fourth-order valence-corrected chi connectivity index (χ4v) is 1.82. The Hall–Kier alpha value is -0.730. The number of benzene rings is 1. The van der Waals surface area contributed by atoms with Crippen LogP contribution in [0.25, 0.3) is 0 Å². The van der Waals surface area contributed by atoms with Crippen LogP contribution in [0.5, 0.6) is 0 Å². The van der Waals surface area contributed by atoms with Gasteiger partial charge in [-0.25, -0.2) is 0 Å². The van der Waals surface area contributed by atoms with Gasteiger partial charge in [-0.05, 0) is 24.1 Å². The maximum atomic E-state index is 9.94. The van der Waals surface area contributed by atoms with Crippen LogP contribution in [0.15, 0.2) is 18.2 Å². The summed E-state index contributed by atoms with van der Waals surface area (Å²) in [6, 6.07) is 5.33.